The Bertz CT molecular complexity index is 1280. The number of carbonyl (C=O) groups excluding carboxylic acids is 1. The van der Waals surface area contributed by atoms with Crippen molar-refractivity contribution < 1.29 is 9.18 Å². The van der Waals surface area contributed by atoms with E-state index in [1.807, 2.05) is 35.6 Å². The Morgan fingerprint density at radius 2 is 2.12 bits per heavy atom. The van der Waals surface area contributed by atoms with E-state index >= 15 is 0 Å². The number of fused-ring (bicyclic) bond motifs is 1. The largest absolute Gasteiger partial charge is 0.350 e. The molecule has 10 heteroatoms. The van der Waals surface area contributed by atoms with Crippen LogP contribution in [-0.4, -0.2) is 50.7 Å². The zero-order valence-electron chi connectivity index (χ0n) is 18.8. The number of hydrogen-bond acceptors (Lipinski definition) is 6. The molecule has 33 heavy (non-hydrogen) atoms. The van der Waals surface area contributed by atoms with E-state index in [0.717, 1.165) is 11.1 Å². The van der Waals surface area contributed by atoms with Gasteiger partial charge in [0, 0.05) is 43.6 Å². The summed E-state index contributed by atoms with van der Waals surface area (Å²) in [4.78, 5) is 30.3. The van der Waals surface area contributed by atoms with Crippen molar-refractivity contribution in [3.05, 3.63) is 53.7 Å². The number of halogens is 1. The van der Waals surface area contributed by atoms with Gasteiger partial charge in [0.25, 0.3) is 0 Å². The normalized spacial score (nSPS) is 18.1. The van der Waals surface area contributed by atoms with Crippen LogP contribution in [0.15, 0.2) is 31.0 Å². The first kappa shape index (κ1) is 22.2. The average Bonchev–Trinajstić information content (AvgIpc) is 3.09. The molecule has 4 rings (SSSR count). The summed E-state index contributed by atoms with van der Waals surface area (Å²) in [5, 5.41) is 5.99. The number of amides is 1. The van der Waals surface area contributed by atoms with Crippen LogP contribution in [0.25, 0.3) is 15.9 Å². The molecular formula is C23H25FN8O. The molecular weight excluding hydrogens is 423 g/mol. The fraction of sp³-hybridized carbons (Fsp3) is 0.348. The summed E-state index contributed by atoms with van der Waals surface area (Å²) in [6.45, 7) is 15.0. The highest BCUT2D eigenvalue weighted by molar-refractivity contribution is 6.00. The summed E-state index contributed by atoms with van der Waals surface area (Å²) in [5.74, 6) is 0.731. The molecule has 3 heterocycles. The lowest BCUT2D eigenvalue weighted by atomic mass is 10.0. The number of nitrogens with one attached hydrogen (secondary N) is 2. The van der Waals surface area contributed by atoms with Crippen LogP contribution in [0.3, 0.4) is 0 Å². The van der Waals surface area contributed by atoms with Gasteiger partial charge < -0.3 is 20.1 Å². The lowest BCUT2D eigenvalue weighted by Gasteiger charge is -2.35. The van der Waals surface area contributed by atoms with E-state index in [1.165, 1.54) is 12.3 Å². The minimum Gasteiger partial charge on any atom is -0.350 e. The van der Waals surface area contributed by atoms with Crippen molar-refractivity contribution in [3.63, 3.8) is 0 Å². The van der Waals surface area contributed by atoms with E-state index in [-0.39, 0.29) is 18.5 Å². The molecule has 1 fully saturated rings. The lowest BCUT2D eigenvalue weighted by molar-refractivity contribution is -0.111. The second-order valence-corrected chi connectivity index (χ2v) is 8.18. The molecule has 0 bridgehead atoms. The SMILES string of the molecule is [C-]#[N+]c1cnc(N[C@@H]2C[C@@H](F)CN(c3nc4cc(NC(=O)C=C)c(C)cc4n3C)C2)nc1C. The summed E-state index contributed by atoms with van der Waals surface area (Å²) >= 11 is 0. The van der Waals surface area contributed by atoms with Gasteiger partial charge in [-0.2, -0.15) is 0 Å². The first-order valence-corrected chi connectivity index (χ1v) is 10.6. The topological polar surface area (TPSA) is 92.3 Å². The van der Waals surface area contributed by atoms with Gasteiger partial charge in [-0.05, 0) is 37.6 Å². The van der Waals surface area contributed by atoms with E-state index in [4.69, 9.17) is 11.6 Å². The van der Waals surface area contributed by atoms with Crippen LogP contribution in [-0.2, 0) is 11.8 Å². The van der Waals surface area contributed by atoms with Gasteiger partial charge in [0.1, 0.15) is 6.17 Å². The Hall–Kier alpha value is -4.00. The van der Waals surface area contributed by atoms with Crippen molar-refractivity contribution in [1.29, 1.82) is 0 Å². The maximum atomic E-state index is 14.7. The fourth-order valence-corrected chi connectivity index (χ4v) is 4.06. The van der Waals surface area contributed by atoms with Crippen LogP contribution < -0.4 is 15.5 Å². The predicted octanol–water partition coefficient (Wildman–Crippen LogP) is 3.68. The Morgan fingerprint density at radius 3 is 2.82 bits per heavy atom. The van der Waals surface area contributed by atoms with Crippen LogP contribution in [0.5, 0.6) is 0 Å². The average molecular weight is 449 g/mol. The van der Waals surface area contributed by atoms with Gasteiger partial charge in [-0.25, -0.2) is 24.2 Å². The van der Waals surface area contributed by atoms with Crippen LogP contribution in [0, 0.1) is 20.4 Å². The van der Waals surface area contributed by atoms with Gasteiger partial charge in [0.2, 0.25) is 23.5 Å². The minimum absolute atomic E-state index is 0.226. The van der Waals surface area contributed by atoms with E-state index < -0.39 is 6.17 Å². The highest BCUT2D eigenvalue weighted by atomic mass is 19.1. The van der Waals surface area contributed by atoms with Crippen molar-refractivity contribution in [1.82, 2.24) is 19.5 Å². The van der Waals surface area contributed by atoms with Gasteiger partial charge in [-0.15, -0.1) is 0 Å². The van der Waals surface area contributed by atoms with Crippen LogP contribution in [0.1, 0.15) is 17.7 Å². The molecule has 0 aliphatic carbocycles. The number of piperidine rings is 1. The number of benzene rings is 1. The number of hydrogen-bond donors (Lipinski definition) is 2. The molecule has 1 aliphatic rings. The van der Waals surface area contributed by atoms with E-state index in [9.17, 15) is 9.18 Å². The smallest absolute Gasteiger partial charge is 0.247 e. The minimum atomic E-state index is -1.05. The molecule has 170 valence electrons. The number of anilines is 3. The number of alkyl halides is 1. The molecule has 0 radical (unpaired) electrons. The molecule has 1 aliphatic heterocycles. The maximum absolute atomic E-state index is 14.7. The number of imidazole rings is 1. The third-order valence-electron chi connectivity index (χ3n) is 5.74. The molecule has 2 N–H and O–H groups in total. The second-order valence-electron chi connectivity index (χ2n) is 8.18. The second kappa shape index (κ2) is 8.86. The summed E-state index contributed by atoms with van der Waals surface area (Å²) in [6, 6.07) is 3.54. The zero-order valence-corrected chi connectivity index (χ0v) is 18.8. The number of aromatic nitrogens is 4. The van der Waals surface area contributed by atoms with E-state index in [1.54, 1.807) is 6.92 Å². The number of aryl methyl sites for hydroxylation is 3. The van der Waals surface area contributed by atoms with E-state index in [2.05, 4.69) is 32.0 Å². The van der Waals surface area contributed by atoms with E-state index in [0.29, 0.717) is 47.4 Å². The quantitative estimate of drug-likeness (QED) is 0.457. The number of carbonyl (C=O) groups is 1. The summed E-state index contributed by atoms with van der Waals surface area (Å²) in [6.07, 6.45) is 1.96. The van der Waals surface area contributed by atoms with Crippen molar-refractivity contribution in [2.24, 2.45) is 7.05 Å². The molecule has 1 aromatic carbocycles. The standard InChI is InChI=1S/C23H25FN8O/c1-6-21(33)29-17-9-18-20(7-13(17)2)31(5)23(30-18)32-11-15(24)8-16(12-32)28-22-26-10-19(25-4)14(3)27-22/h6-7,9-10,15-16H,1,8,11-12H2,2-3,5H3,(H,29,33)(H,26,27,28)/t15-,16-/m1/s1. The zero-order chi connectivity index (χ0) is 23.7. The Kier molecular flexibility index (Phi) is 5.96. The Morgan fingerprint density at radius 1 is 1.33 bits per heavy atom. The summed E-state index contributed by atoms with van der Waals surface area (Å²) < 4.78 is 16.6. The maximum Gasteiger partial charge on any atom is 0.247 e. The molecule has 0 unspecified atom stereocenters. The van der Waals surface area contributed by atoms with Crippen molar-refractivity contribution in [2.45, 2.75) is 32.5 Å². The van der Waals surface area contributed by atoms with Gasteiger partial charge >= 0.3 is 0 Å². The third-order valence-corrected chi connectivity index (χ3v) is 5.74. The van der Waals surface area contributed by atoms with Gasteiger partial charge in [0.15, 0.2) is 0 Å². The predicted molar refractivity (Wildman–Crippen MR) is 126 cm³/mol. The third kappa shape index (κ3) is 4.48. The molecule has 0 spiro atoms. The molecule has 1 amide bonds. The highest BCUT2D eigenvalue weighted by Gasteiger charge is 2.30. The molecule has 3 aromatic rings. The Labute approximate surface area is 191 Å². The van der Waals surface area contributed by atoms with Crippen LogP contribution >= 0.6 is 0 Å². The highest BCUT2D eigenvalue weighted by Crippen LogP contribution is 2.29. The number of nitrogens with zero attached hydrogens (tertiary/aromatic N) is 6. The molecule has 2 atom stereocenters. The van der Waals surface area contributed by atoms with Crippen molar-refractivity contribution >= 4 is 40.2 Å². The molecule has 9 nitrogen and oxygen atoms in total. The summed E-state index contributed by atoms with van der Waals surface area (Å²) in [5.41, 5.74) is 4.12. The van der Waals surface area contributed by atoms with Crippen molar-refractivity contribution in [3.8, 4) is 0 Å². The number of rotatable bonds is 5. The van der Waals surface area contributed by atoms with Crippen LogP contribution in [0.2, 0.25) is 0 Å². The fourth-order valence-electron chi connectivity index (χ4n) is 4.06. The monoisotopic (exact) mass is 448 g/mol. The molecule has 2 aromatic heterocycles. The first-order valence-electron chi connectivity index (χ1n) is 10.6. The summed E-state index contributed by atoms with van der Waals surface area (Å²) in [7, 11) is 1.89. The van der Waals surface area contributed by atoms with Gasteiger partial charge in [0.05, 0.1) is 24.2 Å². The molecule has 0 saturated carbocycles. The lowest BCUT2D eigenvalue weighted by Crippen LogP contribution is -2.48. The van der Waals surface area contributed by atoms with Crippen molar-refractivity contribution in [2.75, 3.05) is 28.6 Å². The first-order chi connectivity index (χ1) is 15.8. The van der Waals surface area contributed by atoms with Gasteiger partial charge in [-0.3, -0.25) is 4.79 Å². The Balaban J connectivity index is 1.59. The molecule has 1 saturated heterocycles. The van der Waals surface area contributed by atoms with Gasteiger partial charge in [-0.1, -0.05) is 6.58 Å². The van der Waals surface area contributed by atoms with Crippen LogP contribution in [0.4, 0.5) is 27.7 Å².